The van der Waals surface area contributed by atoms with E-state index >= 15 is 0 Å². The van der Waals surface area contributed by atoms with Gasteiger partial charge in [0.25, 0.3) is 0 Å². The molecule has 2 heterocycles. The lowest BCUT2D eigenvalue weighted by Crippen LogP contribution is -1.97. The summed E-state index contributed by atoms with van der Waals surface area (Å²) in [7, 11) is 3.32. The Hall–Kier alpha value is -4.30. The first-order valence-corrected chi connectivity index (χ1v) is 9.84. The fourth-order valence-electron chi connectivity index (χ4n) is 4.03. The summed E-state index contributed by atoms with van der Waals surface area (Å²) in [5.74, 6) is 1.55. The maximum absolute atomic E-state index is 9.71. The van der Waals surface area contributed by atoms with Crippen LogP contribution in [0.2, 0.25) is 0 Å². The number of nitriles is 1. The SMILES string of the molecule is COc1ccc2c3ccc(OC)cc3n(-c3cc(C#N)cc(-c4ccncc4)c3)c2c1. The summed E-state index contributed by atoms with van der Waals surface area (Å²) in [6.07, 6.45) is 3.51. The highest BCUT2D eigenvalue weighted by atomic mass is 16.5. The summed E-state index contributed by atoms with van der Waals surface area (Å²) in [5.41, 5.74) is 5.44. The van der Waals surface area contributed by atoms with Gasteiger partial charge in [-0.1, -0.05) is 0 Å². The Morgan fingerprint density at radius 2 is 1.35 bits per heavy atom. The molecular weight excluding hydrogens is 386 g/mol. The summed E-state index contributed by atoms with van der Waals surface area (Å²) in [5, 5.41) is 11.9. The first kappa shape index (κ1) is 18.7. The van der Waals surface area contributed by atoms with Crippen LogP contribution in [0, 0.1) is 11.3 Å². The van der Waals surface area contributed by atoms with Crippen molar-refractivity contribution in [2.45, 2.75) is 0 Å². The molecule has 5 nitrogen and oxygen atoms in total. The van der Waals surface area contributed by atoms with Crippen molar-refractivity contribution in [1.29, 1.82) is 5.26 Å². The summed E-state index contributed by atoms with van der Waals surface area (Å²) in [4.78, 5) is 4.11. The molecule has 0 spiro atoms. The molecule has 0 aliphatic carbocycles. The van der Waals surface area contributed by atoms with Crippen molar-refractivity contribution >= 4 is 21.8 Å². The summed E-state index contributed by atoms with van der Waals surface area (Å²) in [6.45, 7) is 0. The number of pyridine rings is 1. The minimum absolute atomic E-state index is 0.588. The second-order valence-corrected chi connectivity index (χ2v) is 7.22. The zero-order valence-electron chi connectivity index (χ0n) is 17.2. The molecule has 0 saturated carbocycles. The van der Waals surface area contributed by atoms with Crippen molar-refractivity contribution in [3.8, 4) is 34.4 Å². The lowest BCUT2D eigenvalue weighted by Gasteiger charge is -2.12. The van der Waals surface area contributed by atoms with Gasteiger partial charge in [0.1, 0.15) is 11.5 Å². The quantitative estimate of drug-likeness (QED) is 0.383. The second-order valence-electron chi connectivity index (χ2n) is 7.22. The van der Waals surface area contributed by atoms with Gasteiger partial charge in [0.2, 0.25) is 0 Å². The molecule has 0 atom stereocenters. The highest BCUT2D eigenvalue weighted by Crippen LogP contribution is 2.37. The normalized spacial score (nSPS) is 10.9. The predicted octanol–water partition coefficient (Wildman–Crippen LogP) is 5.73. The number of benzene rings is 3. The maximum Gasteiger partial charge on any atom is 0.120 e. The first-order valence-electron chi connectivity index (χ1n) is 9.84. The van der Waals surface area contributed by atoms with E-state index in [2.05, 4.69) is 33.8 Å². The molecule has 31 heavy (non-hydrogen) atoms. The zero-order valence-corrected chi connectivity index (χ0v) is 17.2. The molecule has 3 aromatic carbocycles. The third kappa shape index (κ3) is 3.15. The van der Waals surface area contributed by atoms with E-state index in [0.717, 1.165) is 50.1 Å². The van der Waals surface area contributed by atoms with Crippen LogP contribution >= 0.6 is 0 Å². The summed E-state index contributed by atoms with van der Waals surface area (Å²) >= 11 is 0. The molecular formula is C26H19N3O2. The number of methoxy groups -OCH3 is 2. The molecule has 5 rings (SSSR count). The minimum atomic E-state index is 0.588. The lowest BCUT2D eigenvalue weighted by atomic mass is 10.0. The average Bonchev–Trinajstić information content (AvgIpc) is 3.16. The van der Waals surface area contributed by atoms with Crippen molar-refractivity contribution in [1.82, 2.24) is 9.55 Å². The number of rotatable bonds is 4. The zero-order chi connectivity index (χ0) is 21.4. The molecule has 0 unspecified atom stereocenters. The Kier molecular flexibility index (Phi) is 4.53. The van der Waals surface area contributed by atoms with E-state index in [1.54, 1.807) is 26.6 Å². The Balaban J connectivity index is 1.88. The van der Waals surface area contributed by atoms with Crippen molar-refractivity contribution in [2.75, 3.05) is 14.2 Å². The van der Waals surface area contributed by atoms with Gasteiger partial charge in [-0.3, -0.25) is 4.98 Å². The second kappa shape index (κ2) is 7.51. The largest absolute Gasteiger partial charge is 0.497 e. The van der Waals surface area contributed by atoms with Gasteiger partial charge in [0, 0.05) is 41.0 Å². The first-order chi connectivity index (χ1) is 15.2. The van der Waals surface area contributed by atoms with Crippen LogP contribution in [-0.4, -0.2) is 23.8 Å². The fraction of sp³-hybridized carbons (Fsp3) is 0.0769. The highest BCUT2D eigenvalue weighted by Gasteiger charge is 2.15. The van der Waals surface area contributed by atoms with Gasteiger partial charge in [-0.2, -0.15) is 5.26 Å². The molecule has 0 bridgehead atoms. The van der Waals surface area contributed by atoms with Crippen molar-refractivity contribution in [3.63, 3.8) is 0 Å². The Morgan fingerprint density at radius 3 is 1.90 bits per heavy atom. The summed E-state index contributed by atoms with van der Waals surface area (Å²) < 4.78 is 13.1. The number of aromatic nitrogens is 2. The predicted molar refractivity (Wildman–Crippen MR) is 122 cm³/mol. The Morgan fingerprint density at radius 1 is 0.742 bits per heavy atom. The van der Waals surface area contributed by atoms with E-state index in [-0.39, 0.29) is 0 Å². The molecule has 150 valence electrons. The number of hydrogen-bond donors (Lipinski definition) is 0. The average molecular weight is 405 g/mol. The molecule has 0 amide bonds. The smallest absolute Gasteiger partial charge is 0.120 e. The highest BCUT2D eigenvalue weighted by molar-refractivity contribution is 6.10. The molecule has 0 radical (unpaired) electrons. The van der Waals surface area contributed by atoms with Gasteiger partial charge >= 0.3 is 0 Å². The monoisotopic (exact) mass is 405 g/mol. The van der Waals surface area contributed by atoms with Crippen molar-refractivity contribution in [2.24, 2.45) is 0 Å². The van der Waals surface area contributed by atoms with Crippen LogP contribution in [0.1, 0.15) is 5.56 Å². The van der Waals surface area contributed by atoms with Gasteiger partial charge in [0.15, 0.2) is 0 Å². The molecule has 0 fully saturated rings. The van der Waals surface area contributed by atoms with Gasteiger partial charge < -0.3 is 14.0 Å². The van der Waals surface area contributed by atoms with Crippen LogP contribution in [0.5, 0.6) is 11.5 Å². The third-order valence-corrected chi connectivity index (χ3v) is 5.50. The maximum atomic E-state index is 9.71. The van der Waals surface area contributed by atoms with E-state index in [4.69, 9.17) is 9.47 Å². The van der Waals surface area contributed by atoms with E-state index in [0.29, 0.717) is 5.56 Å². The Labute approximate surface area is 179 Å². The molecule has 0 aliphatic heterocycles. The minimum Gasteiger partial charge on any atom is -0.497 e. The van der Waals surface area contributed by atoms with Crippen LogP contribution in [0.4, 0.5) is 0 Å². The Bertz CT molecular complexity index is 1400. The topological polar surface area (TPSA) is 60.1 Å². The number of hydrogen-bond acceptors (Lipinski definition) is 4. The molecule has 2 aromatic heterocycles. The van der Waals surface area contributed by atoms with E-state index in [9.17, 15) is 5.26 Å². The van der Waals surface area contributed by atoms with Crippen molar-refractivity contribution < 1.29 is 9.47 Å². The van der Waals surface area contributed by atoms with E-state index < -0.39 is 0 Å². The van der Waals surface area contributed by atoms with Gasteiger partial charge in [0.05, 0.1) is 36.9 Å². The van der Waals surface area contributed by atoms with Gasteiger partial charge in [-0.05, 0) is 65.7 Å². The van der Waals surface area contributed by atoms with E-state index in [1.165, 1.54) is 0 Å². The molecule has 0 saturated heterocycles. The number of nitrogens with zero attached hydrogens (tertiary/aromatic N) is 3. The van der Waals surface area contributed by atoms with Crippen molar-refractivity contribution in [3.05, 3.63) is 84.7 Å². The molecule has 0 aliphatic rings. The van der Waals surface area contributed by atoms with Crippen LogP contribution < -0.4 is 9.47 Å². The standard InChI is InChI=1S/C26H19N3O2/c1-30-21-3-5-23-24-6-4-22(31-2)15-26(24)29(25(23)14-21)20-12-17(16-27)11-19(13-20)18-7-9-28-10-8-18/h3-15H,1-2H3. The summed E-state index contributed by atoms with van der Waals surface area (Å²) in [6, 6.07) is 24.2. The van der Waals surface area contributed by atoms with Crippen LogP contribution in [0.25, 0.3) is 38.6 Å². The van der Waals surface area contributed by atoms with Crippen LogP contribution in [0.3, 0.4) is 0 Å². The lowest BCUT2D eigenvalue weighted by molar-refractivity contribution is 0.415. The third-order valence-electron chi connectivity index (χ3n) is 5.50. The van der Waals surface area contributed by atoms with Crippen LogP contribution in [0.15, 0.2) is 79.1 Å². The molecule has 5 heteroatoms. The number of fused-ring (bicyclic) bond motifs is 3. The number of ether oxygens (including phenoxy) is 2. The van der Waals surface area contributed by atoms with Crippen LogP contribution in [-0.2, 0) is 0 Å². The molecule has 5 aromatic rings. The molecule has 0 N–H and O–H groups in total. The fourth-order valence-corrected chi connectivity index (χ4v) is 4.03. The van der Waals surface area contributed by atoms with Gasteiger partial charge in [-0.25, -0.2) is 0 Å². The van der Waals surface area contributed by atoms with E-state index in [1.807, 2.05) is 48.5 Å². The van der Waals surface area contributed by atoms with Gasteiger partial charge in [-0.15, -0.1) is 0 Å².